The number of rotatable bonds is 3. The highest BCUT2D eigenvalue weighted by Crippen LogP contribution is 2.27. The zero-order chi connectivity index (χ0) is 12.4. The molecule has 0 saturated carbocycles. The molecule has 1 aromatic carbocycles. The summed E-state index contributed by atoms with van der Waals surface area (Å²) in [7, 11) is 0. The number of hydrogen-bond donors (Lipinski definition) is 1. The Labute approximate surface area is 116 Å². The molecule has 1 aliphatic rings. The fourth-order valence-electron chi connectivity index (χ4n) is 2.36. The van der Waals surface area contributed by atoms with Crippen LogP contribution in [0, 0.1) is 0 Å². The number of fused-ring (bicyclic) bond motifs is 1. The third-order valence-electron chi connectivity index (χ3n) is 3.39. The van der Waals surface area contributed by atoms with Crippen LogP contribution in [0.1, 0.15) is 30.8 Å². The van der Waals surface area contributed by atoms with E-state index in [0.29, 0.717) is 12.1 Å². The zero-order valence-electron chi connectivity index (χ0n) is 10.6. The summed E-state index contributed by atoms with van der Waals surface area (Å²) in [4.78, 5) is 4.73. The van der Waals surface area contributed by atoms with E-state index in [1.807, 2.05) is 11.3 Å². The van der Waals surface area contributed by atoms with Gasteiger partial charge in [0, 0.05) is 6.04 Å². The van der Waals surface area contributed by atoms with E-state index in [9.17, 15) is 0 Å². The lowest BCUT2D eigenvalue weighted by Crippen LogP contribution is -2.34. The van der Waals surface area contributed by atoms with Gasteiger partial charge in [-0.25, -0.2) is 4.98 Å². The summed E-state index contributed by atoms with van der Waals surface area (Å²) in [6, 6.07) is 9.44. The molecule has 1 saturated heterocycles. The molecule has 0 aliphatic carbocycles. The Morgan fingerprint density at radius 2 is 2.06 bits per heavy atom. The Hall–Kier alpha value is -0.580. The molecule has 1 atom stereocenters. The van der Waals surface area contributed by atoms with Crippen LogP contribution < -0.4 is 5.32 Å². The minimum absolute atomic E-state index is 0.371. The Kier molecular flexibility index (Phi) is 3.87. The van der Waals surface area contributed by atoms with Gasteiger partial charge in [-0.05, 0) is 43.4 Å². The zero-order valence-corrected chi connectivity index (χ0v) is 12.2. The van der Waals surface area contributed by atoms with E-state index in [0.717, 1.165) is 5.52 Å². The van der Waals surface area contributed by atoms with E-state index in [4.69, 9.17) is 4.98 Å². The van der Waals surface area contributed by atoms with Crippen molar-refractivity contribution in [2.24, 2.45) is 0 Å². The van der Waals surface area contributed by atoms with Crippen molar-refractivity contribution in [1.82, 2.24) is 10.3 Å². The molecule has 1 aliphatic heterocycles. The van der Waals surface area contributed by atoms with Crippen molar-refractivity contribution in [2.75, 3.05) is 11.5 Å². The van der Waals surface area contributed by atoms with Gasteiger partial charge in [-0.15, -0.1) is 11.3 Å². The van der Waals surface area contributed by atoms with Gasteiger partial charge < -0.3 is 5.32 Å². The fourth-order valence-corrected chi connectivity index (χ4v) is 4.45. The Morgan fingerprint density at radius 1 is 1.28 bits per heavy atom. The largest absolute Gasteiger partial charge is 0.305 e. The second-order valence-corrected chi connectivity index (χ2v) is 7.08. The predicted molar refractivity (Wildman–Crippen MR) is 81.5 cm³/mol. The normalized spacial score (nSPS) is 19.2. The highest BCUT2D eigenvalue weighted by Gasteiger charge is 2.18. The molecular formula is C14H18N2S2. The number of para-hydroxylation sites is 1. The van der Waals surface area contributed by atoms with Gasteiger partial charge in [0.15, 0.2) is 0 Å². The highest BCUT2D eigenvalue weighted by molar-refractivity contribution is 7.99. The summed E-state index contributed by atoms with van der Waals surface area (Å²) >= 11 is 3.89. The lowest BCUT2D eigenvalue weighted by molar-refractivity contribution is 0.430. The van der Waals surface area contributed by atoms with Gasteiger partial charge >= 0.3 is 0 Å². The maximum absolute atomic E-state index is 4.73. The number of hydrogen-bond acceptors (Lipinski definition) is 4. The third kappa shape index (κ3) is 2.71. The molecule has 96 valence electrons. The van der Waals surface area contributed by atoms with Gasteiger partial charge in [-0.2, -0.15) is 11.8 Å². The molecule has 3 rings (SSSR count). The van der Waals surface area contributed by atoms with Crippen molar-refractivity contribution in [3.63, 3.8) is 0 Å². The van der Waals surface area contributed by atoms with Crippen LogP contribution in [0.3, 0.4) is 0 Å². The SMILES string of the molecule is CC(NC1CCSCC1)c1nc2ccccc2s1. The minimum Gasteiger partial charge on any atom is -0.305 e. The summed E-state index contributed by atoms with van der Waals surface area (Å²) in [6.07, 6.45) is 2.58. The van der Waals surface area contributed by atoms with Crippen LogP contribution in [-0.4, -0.2) is 22.5 Å². The molecule has 2 aromatic rings. The van der Waals surface area contributed by atoms with E-state index in [2.05, 4.69) is 48.3 Å². The molecule has 1 N–H and O–H groups in total. The number of benzene rings is 1. The molecule has 2 nitrogen and oxygen atoms in total. The molecule has 18 heavy (non-hydrogen) atoms. The Balaban J connectivity index is 1.72. The Bertz CT molecular complexity index is 484. The van der Waals surface area contributed by atoms with Crippen LogP contribution in [0.5, 0.6) is 0 Å². The molecule has 0 bridgehead atoms. The average Bonchev–Trinajstić information content (AvgIpc) is 2.84. The maximum Gasteiger partial charge on any atom is 0.111 e. The molecular weight excluding hydrogens is 260 g/mol. The standard InChI is InChI=1S/C14H18N2S2/c1-10(15-11-6-8-17-9-7-11)14-16-12-4-2-3-5-13(12)18-14/h2-5,10-11,15H,6-9H2,1H3. The molecule has 1 aromatic heterocycles. The molecule has 1 unspecified atom stereocenters. The smallest absolute Gasteiger partial charge is 0.111 e. The van der Waals surface area contributed by atoms with Gasteiger partial charge in [-0.1, -0.05) is 12.1 Å². The predicted octanol–water partition coefficient (Wildman–Crippen LogP) is 3.84. The van der Waals surface area contributed by atoms with Gasteiger partial charge in [0.1, 0.15) is 5.01 Å². The second-order valence-electron chi connectivity index (χ2n) is 4.79. The summed E-state index contributed by atoms with van der Waals surface area (Å²) < 4.78 is 1.29. The highest BCUT2D eigenvalue weighted by atomic mass is 32.2. The first-order chi connectivity index (χ1) is 8.83. The van der Waals surface area contributed by atoms with Crippen molar-refractivity contribution in [3.8, 4) is 0 Å². The van der Waals surface area contributed by atoms with Crippen molar-refractivity contribution < 1.29 is 0 Å². The first kappa shape index (κ1) is 12.5. The average molecular weight is 278 g/mol. The van der Waals surface area contributed by atoms with Crippen LogP contribution in [-0.2, 0) is 0 Å². The van der Waals surface area contributed by atoms with Crippen LogP contribution in [0.4, 0.5) is 0 Å². The van der Waals surface area contributed by atoms with Crippen molar-refractivity contribution in [1.29, 1.82) is 0 Å². The van der Waals surface area contributed by atoms with E-state index in [-0.39, 0.29) is 0 Å². The quantitative estimate of drug-likeness (QED) is 0.923. The molecule has 0 spiro atoms. The molecule has 4 heteroatoms. The molecule has 0 amide bonds. The third-order valence-corrected chi connectivity index (χ3v) is 5.66. The van der Waals surface area contributed by atoms with Crippen molar-refractivity contribution in [2.45, 2.75) is 31.8 Å². The second kappa shape index (κ2) is 5.59. The summed E-state index contributed by atoms with van der Waals surface area (Å²) in [5, 5.41) is 4.95. The fraction of sp³-hybridized carbons (Fsp3) is 0.500. The molecule has 1 fully saturated rings. The van der Waals surface area contributed by atoms with Crippen LogP contribution in [0.25, 0.3) is 10.2 Å². The van der Waals surface area contributed by atoms with E-state index >= 15 is 0 Å². The number of thiazole rings is 1. The maximum atomic E-state index is 4.73. The lowest BCUT2D eigenvalue weighted by Gasteiger charge is -2.25. The van der Waals surface area contributed by atoms with Gasteiger partial charge in [-0.3, -0.25) is 0 Å². The number of nitrogens with one attached hydrogen (secondary N) is 1. The summed E-state index contributed by atoms with van der Waals surface area (Å²) in [6.45, 7) is 2.24. The van der Waals surface area contributed by atoms with E-state index < -0.39 is 0 Å². The van der Waals surface area contributed by atoms with Crippen LogP contribution in [0.2, 0.25) is 0 Å². The topological polar surface area (TPSA) is 24.9 Å². The minimum atomic E-state index is 0.371. The first-order valence-electron chi connectivity index (χ1n) is 6.52. The van der Waals surface area contributed by atoms with Gasteiger partial charge in [0.05, 0.1) is 16.3 Å². The van der Waals surface area contributed by atoms with Gasteiger partial charge in [0.25, 0.3) is 0 Å². The van der Waals surface area contributed by atoms with E-state index in [1.54, 1.807) is 0 Å². The van der Waals surface area contributed by atoms with Crippen molar-refractivity contribution >= 4 is 33.3 Å². The Morgan fingerprint density at radius 3 is 2.83 bits per heavy atom. The van der Waals surface area contributed by atoms with Gasteiger partial charge in [0.2, 0.25) is 0 Å². The summed E-state index contributed by atoms with van der Waals surface area (Å²) in [5.41, 5.74) is 1.13. The summed E-state index contributed by atoms with van der Waals surface area (Å²) in [5.74, 6) is 2.59. The molecule has 0 radical (unpaired) electrons. The monoisotopic (exact) mass is 278 g/mol. The number of thioether (sulfide) groups is 1. The number of aromatic nitrogens is 1. The number of nitrogens with zero attached hydrogens (tertiary/aromatic N) is 1. The van der Waals surface area contributed by atoms with Crippen LogP contribution >= 0.6 is 23.1 Å². The van der Waals surface area contributed by atoms with Crippen molar-refractivity contribution in [3.05, 3.63) is 29.3 Å². The lowest BCUT2D eigenvalue weighted by atomic mass is 10.1. The van der Waals surface area contributed by atoms with Crippen LogP contribution in [0.15, 0.2) is 24.3 Å². The first-order valence-corrected chi connectivity index (χ1v) is 8.49. The van der Waals surface area contributed by atoms with E-state index in [1.165, 1.54) is 34.1 Å². The molecule has 2 heterocycles.